The Kier molecular flexibility index (Phi) is 5.55. The standard InChI is InChI=1S/C14H24N2O2S/c1-19-10-14(18)16-8-6-11(7-9-16)2-5-13(17)15-12-3-4-12/h11-12H,2-10H2,1H3,(H,15,17). The first kappa shape index (κ1) is 14.7. The minimum Gasteiger partial charge on any atom is -0.353 e. The Morgan fingerprint density at radius 1 is 1.21 bits per heavy atom. The topological polar surface area (TPSA) is 49.4 Å². The summed E-state index contributed by atoms with van der Waals surface area (Å²) in [5, 5.41) is 3.03. The van der Waals surface area contributed by atoms with Gasteiger partial charge in [-0.15, -0.1) is 0 Å². The zero-order chi connectivity index (χ0) is 13.7. The molecule has 0 spiro atoms. The molecular formula is C14H24N2O2S. The molecule has 0 bridgehead atoms. The van der Waals surface area contributed by atoms with Crippen LogP contribution >= 0.6 is 11.8 Å². The average Bonchev–Trinajstić information content (AvgIpc) is 3.21. The molecule has 108 valence electrons. The molecule has 0 aromatic rings. The molecule has 2 fully saturated rings. The van der Waals surface area contributed by atoms with E-state index in [9.17, 15) is 9.59 Å². The van der Waals surface area contributed by atoms with Crippen molar-refractivity contribution in [3.63, 3.8) is 0 Å². The summed E-state index contributed by atoms with van der Waals surface area (Å²) in [5.74, 6) is 1.68. The highest BCUT2D eigenvalue weighted by Crippen LogP contribution is 2.23. The van der Waals surface area contributed by atoms with Crippen LogP contribution in [0.5, 0.6) is 0 Å². The Balaban J connectivity index is 1.60. The van der Waals surface area contributed by atoms with Gasteiger partial charge < -0.3 is 10.2 Å². The normalized spacial score (nSPS) is 20.4. The number of nitrogens with one attached hydrogen (secondary N) is 1. The van der Waals surface area contributed by atoms with Crippen LogP contribution in [-0.2, 0) is 9.59 Å². The second-order valence-electron chi connectivity index (χ2n) is 5.64. The van der Waals surface area contributed by atoms with E-state index in [1.54, 1.807) is 11.8 Å². The lowest BCUT2D eigenvalue weighted by Crippen LogP contribution is -2.39. The number of carbonyl (C=O) groups is 2. The van der Waals surface area contributed by atoms with Crippen LogP contribution in [0.25, 0.3) is 0 Å². The number of nitrogens with zero attached hydrogens (tertiary/aromatic N) is 1. The Bertz CT molecular complexity index is 323. The third-order valence-corrected chi connectivity index (χ3v) is 4.49. The van der Waals surface area contributed by atoms with Gasteiger partial charge in [0.15, 0.2) is 0 Å². The maximum Gasteiger partial charge on any atom is 0.232 e. The minimum atomic E-state index is 0.211. The molecule has 0 aromatic carbocycles. The highest BCUT2D eigenvalue weighted by atomic mass is 32.2. The molecule has 1 N–H and O–H groups in total. The maximum absolute atomic E-state index is 11.7. The van der Waals surface area contributed by atoms with E-state index in [1.165, 1.54) is 0 Å². The van der Waals surface area contributed by atoms with Gasteiger partial charge in [0, 0.05) is 25.6 Å². The predicted molar refractivity (Wildman–Crippen MR) is 78.1 cm³/mol. The van der Waals surface area contributed by atoms with E-state index in [4.69, 9.17) is 0 Å². The lowest BCUT2D eigenvalue weighted by atomic mass is 9.92. The van der Waals surface area contributed by atoms with Gasteiger partial charge in [0.25, 0.3) is 0 Å². The predicted octanol–water partition coefficient (Wildman–Crippen LogP) is 1.65. The fourth-order valence-corrected chi connectivity index (χ4v) is 2.98. The molecule has 1 saturated carbocycles. The molecule has 0 atom stereocenters. The Labute approximate surface area is 119 Å². The second-order valence-corrected chi connectivity index (χ2v) is 6.50. The number of amides is 2. The first-order valence-electron chi connectivity index (χ1n) is 7.25. The summed E-state index contributed by atoms with van der Waals surface area (Å²) < 4.78 is 0. The van der Waals surface area contributed by atoms with Crippen molar-refractivity contribution in [1.82, 2.24) is 10.2 Å². The number of carbonyl (C=O) groups excluding carboxylic acids is 2. The van der Waals surface area contributed by atoms with E-state index in [0.717, 1.165) is 45.2 Å². The van der Waals surface area contributed by atoms with Gasteiger partial charge in [0.1, 0.15) is 0 Å². The first-order chi connectivity index (χ1) is 9.19. The van der Waals surface area contributed by atoms with Gasteiger partial charge in [-0.2, -0.15) is 11.8 Å². The van der Waals surface area contributed by atoms with Crippen molar-refractivity contribution in [1.29, 1.82) is 0 Å². The molecule has 19 heavy (non-hydrogen) atoms. The Hall–Kier alpha value is -0.710. The van der Waals surface area contributed by atoms with Crippen LogP contribution < -0.4 is 5.32 Å². The highest BCUT2D eigenvalue weighted by Gasteiger charge is 2.25. The monoisotopic (exact) mass is 284 g/mol. The van der Waals surface area contributed by atoms with Gasteiger partial charge in [-0.25, -0.2) is 0 Å². The molecule has 5 heteroatoms. The summed E-state index contributed by atoms with van der Waals surface area (Å²) >= 11 is 1.59. The van der Waals surface area contributed by atoms with E-state index >= 15 is 0 Å². The Morgan fingerprint density at radius 3 is 2.47 bits per heavy atom. The van der Waals surface area contributed by atoms with E-state index < -0.39 is 0 Å². The Morgan fingerprint density at radius 2 is 1.89 bits per heavy atom. The van der Waals surface area contributed by atoms with Gasteiger partial charge in [-0.1, -0.05) is 0 Å². The number of rotatable bonds is 6. The van der Waals surface area contributed by atoms with Crippen LogP contribution in [0, 0.1) is 5.92 Å². The maximum atomic E-state index is 11.7. The van der Waals surface area contributed by atoms with Gasteiger partial charge in [0.05, 0.1) is 5.75 Å². The lowest BCUT2D eigenvalue weighted by molar-refractivity contribution is -0.130. The van der Waals surface area contributed by atoms with Crippen molar-refractivity contribution < 1.29 is 9.59 Å². The molecule has 0 unspecified atom stereocenters. The molecule has 2 aliphatic rings. The van der Waals surface area contributed by atoms with Gasteiger partial charge >= 0.3 is 0 Å². The number of hydrogen-bond donors (Lipinski definition) is 1. The molecule has 4 nitrogen and oxygen atoms in total. The lowest BCUT2D eigenvalue weighted by Gasteiger charge is -2.31. The van der Waals surface area contributed by atoms with Crippen molar-refractivity contribution in [3.05, 3.63) is 0 Å². The smallest absolute Gasteiger partial charge is 0.232 e. The van der Waals surface area contributed by atoms with Crippen molar-refractivity contribution in [2.24, 2.45) is 5.92 Å². The number of hydrogen-bond acceptors (Lipinski definition) is 3. The van der Waals surface area contributed by atoms with E-state index in [1.807, 2.05) is 11.2 Å². The average molecular weight is 284 g/mol. The number of piperidine rings is 1. The summed E-state index contributed by atoms with van der Waals surface area (Å²) in [5.41, 5.74) is 0. The van der Waals surface area contributed by atoms with Gasteiger partial charge in [-0.3, -0.25) is 9.59 Å². The zero-order valence-corrected chi connectivity index (χ0v) is 12.5. The third-order valence-electron chi connectivity index (χ3n) is 3.96. The van der Waals surface area contributed by atoms with E-state index in [-0.39, 0.29) is 11.8 Å². The quantitative estimate of drug-likeness (QED) is 0.807. The molecule has 0 aromatic heterocycles. The van der Waals surface area contributed by atoms with Crippen LogP contribution in [0.1, 0.15) is 38.5 Å². The molecule has 2 amide bonds. The van der Waals surface area contributed by atoms with Crippen LogP contribution in [0.3, 0.4) is 0 Å². The van der Waals surface area contributed by atoms with Gasteiger partial charge in [-0.05, 0) is 44.3 Å². The third kappa shape index (κ3) is 5.05. The van der Waals surface area contributed by atoms with E-state index in [2.05, 4.69) is 5.32 Å². The van der Waals surface area contributed by atoms with E-state index in [0.29, 0.717) is 24.1 Å². The number of likely N-dealkylation sites (tertiary alicyclic amines) is 1. The second kappa shape index (κ2) is 7.17. The van der Waals surface area contributed by atoms with Crippen LogP contribution in [0.2, 0.25) is 0 Å². The van der Waals surface area contributed by atoms with Crippen LogP contribution in [0.4, 0.5) is 0 Å². The molecule has 1 aliphatic carbocycles. The minimum absolute atomic E-state index is 0.211. The number of thioether (sulfide) groups is 1. The largest absolute Gasteiger partial charge is 0.353 e. The summed E-state index contributed by atoms with van der Waals surface area (Å²) in [7, 11) is 0. The van der Waals surface area contributed by atoms with Crippen LogP contribution in [-0.4, -0.2) is 47.9 Å². The highest BCUT2D eigenvalue weighted by molar-refractivity contribution is 7.99. The molecule has 1 saturated heterocycles. The zero-order valence-electron chi connectivity index (χ0n) is 11.7. The summed E-state index contributed by atoms with van der Waals surface area (Å²) in [6, 6.07) is 0.471. The van der Waals surface area contributed by atoms with Gasteiger partial charge in [0.2, 0.25) is 11.8 Å². The van der Waals surface area contributed by atoms with Crippen molar-refractivity contribution in [2.45, 2.75) is 44.6 Å². The molecule has 1 aliphatic heterocycles. The summed E-state index contributed by atoms with van der Waals surface area (Å²) in [6.45, 7) is 1.74. The molecular weight excluding hydrogens is 260 g/mol. The summed E-state index contributed by atoms with van der Waals surface area (Å²) in [6.07, 6.45) is 8.00. The fraction of sp³-hybridized carbons (Fsp3) is 0.857. The molecule has 1 heterocycles. The first-order valence-corrected chi connectivity index (χ1v) is 8.64. The van der Waals surface area contributed by atoms with Crippen molar-refractivity contribution >= 4 is 23.6 Å². The summed E-state index contributed by atoms with van der Waals surface area (Å²) in [4.78, 5) is 25.3. The van der Waals surface area contributed by atoms with Crippen LogP contribution in [0.15, 0.2) is 0 Å². The van der Waals surface area contributed by atoms with Crippen molar-refractivity contribution in [3.8, 4) is 0 Å². The SMILES string of the molecule is CSCC(=O)N1CCC(CCC(=O)NC2CC2)CC1. The van der Waals surface area contributed by atoms with Crippen molar-refractivity contribution in [2.75, 3.05) is 25.1 Å². The molecule has 2 rings (SSSR count). The fourth-order valence-electron chi connectivity index (χ4n) is 2.55. The molecule has 0 radical (unpaired) electrons.